The molecule has 0 unspecified atom stereocenters. The molecule has 1 rings (SSSR count). The average molecular weight is 255 g/mol. The second-order valence-electron chi connectivity index (χ2n) is 3.81. The van der Waals surface area contributed by atoms with Crippen molar-refractivity contribution in [2.75, 3.05) is 48.1 Å². The van der Waals surface area contributed by atoms with Gasteiger partial charge in [-0.05, 0) is 12.7 Å². The third kappa shape index (κ3) is 4.68. The first-order chi connectivity index (χ1) is 8.17. The summed E-state index contributed by atoms with van der Waals surface area (Å²) < 4.78 is 0. The molecule has 0 aromatic carbocycles. The Labute approximate surface area is 107 Å². The molecule has 1 heterocycles. The molecule has 1 aromatic heterocycles. The maximum atomic E-state index is 5.70. The number of hydrogen-bond acceptors (Lipinski definition) is 6. The molecule has 6 heteroatoms. The third-order valence-electron chi connectivity index (χ3n) is 2.31. The van der Waals surface area contributed by atoms with Gasteiger partial charge in [-0.1, -0.05) is 6.92 Å². The van der Waals surface area contributed by atoms with Crippen LogP contribution in [0.15, 0.2) is 6.07 Å². The molecule has 0 atom stereocenters. The van der Waals surface area contributed by atoms with Crippen LogP contribution in [0.4, 0.5) is 17.6 Å². The molecular weight excluding hydrogens is 234 g/mol. The standard InChI is InChI=1S/C11H21N5S/c1-4-5-13-9-8-10(15-11(12)14-9)16(2)6-7-17-3/h8H,4-7H2,1-3H3,(H3,12,13,14,15). The first-order valence-corrected chi connectivity index (χ1v) is 7.15. The summed E-state index contributed by atoms with van der Waals surface area (Å²) in [5.41, 5.74) is 5.70. The molecule has 0 bridgehead atoms. The van der Waals surface area contributed by atoms with Crippen LogP contribution in [-0.4, -0.2) is 42.1 Å². The summed E-state index contributed by atoms with van der Waals surface area (Å²) in [6.07, 6.45) is 3.15. The summed E-state index contributed by atoms with van der Waals surface area (Å²) in [4.78, 5) is 10.5. The Morgan fingerprint density at radius 1 is 1.47 bits per heavy atom. The molecule has 0 aliphatic heterocycles. The fourth-order valence-electron chi connectivity index (χ4n) is 1.33. The van der Waals surface area contributed by atoms with Gasteiger partial charge in [-0.3, -0.25) is 0 Å². The Kier molecular flexibility index (Phi) is 5.90. The van der Waals surface area contributed by atoms with Crippen molar-refractivity contribution in [1.82, 2.24) is 9.97 Å². The Morgan fingerprint density at radius 3 is 2.88 bits per heavy atom. The number of rotatable bonds is 7. The smallest absolute Gasteiger partial charge is 0.223 e. The molecule has 0 fully saturated rings. The van der Waals surface area contributed by atoms with E-state index >= 15 is 0 Å². The first-order valence-electron chi connectivity index (χ1n) is 5.76. The normalized spacial score (nSPS) is 10.3. The van der Waals surface area contributed by atoms with Crippen molar-refractivity contribution in [3.8, 4) is 0 Å². The number of nitrogens with zero attached hydrogens (tertiary/aromatic N) is 3. The van der Waals surface area contributed by atoms with E-state index in [0.717, 1.165) is 36.9 Å². The van der Waals surface area contributed by atoms with Gasteiger partial charge < -0.3 is 16.0 Å². The number of aromatic nitrogens is 2. The predicted molar refractivity (Wildman–Crippen MR) is 76.9 cm³/mol. The van der Waals surface area contributed by atoms with E-state index in [1.165, 1.54) is 0 Å². The van der Waals surface area contributed by atoms with Crippen LogP contribution in [0.2, 0.25) is 0 Å². The fourth-order valence-corrected chi connectivity index (χ4v) is 1.79. The molecule has 0 radical (unpaired) electrons. The van der Waals surface area contributed by atoms with E-state index in [4.69, 9.17) is 5.73 Å². The minimum absolute atomic E-state index is 0.317. The maximum absolute atomic E-state index is 5.70. The average Bonchev–Trinajstić information content (AvgIpc) is 2.32. The Morgan fingerprint density at radius 2 is 2.24 bits per heavy atom. The van der Waals surface area contributed by atoms with Crippen LogP contribution in [0.3, 0.4) is 0 Å². The van der Waals surface area contributed by atoms with Crippen LogP contribution >= 0.6 is 11.8 Å². The largest absolute Gasteiger partial charge is 0.370 e. The van der Waals surface area contributed by atoms with E-state index in [-0.39, 0.29) is 0 Å². The lowest BCUT2D eigenvalue weighted by Gasteiger charge is -2.18. The highest BCUT2D eigenvalue weighted by Crippen LogP contribution is 2.16. The minimum Gasteiger partial charge on any atom is -0.370 e. The van der Waals surface area contributed by atoms with Crippen LogP contribution < -0.4 is 16.0 Å². The summed E-state index contributed by atoms with van der Waals surface area (Å²) in [6, 6.07) is 1.94. The Hall–Kier alpha value is -1.17. The van der Waals surface area contributed by atoms with Gasteiger partial charge in [0.15, 0.2) is 0 Å². The van der Waals surface area contributed by atoms with Crippen LogP contribution in [0, 0.1) is 0 Å². The van der Waals surface area contributed by atoms with E-state index < -0.39 is 0 Å². The lowest BCUT2D eigenvalue weighted by molar-refractivity contribution is 0.931. The third-order valence-corrected chi connectivity index (χ3v) is 2.90. The monoisotopic (exact) mass is 255 g/mol. The van der Waals surface area contributed by atoms with Gasteiger partial charge in [0.05, 0.1) is 0 Å². The van der Waals surface area contributed by atoms with Crippen LogP contribution in [0.5, 0.6) is 0 Å². The summed E-state index contributed by atoms with van der Waals surface area (Å²) in [5.74, 6) is 3.05. The SMILES string of the molecule is CCCNc1cc(N(C)CCSC)nc(N)n1. The van der Waals surface area contributed by atoms with Crippen molar-refractivity contribution in [2.45, 2.75) is 13.3 Å². The molecule has 0 amide bonds. The second kappa shape index (κ2) is 7.21. The highest BCUT2D eigenvalue weighted by molar-refractivity contribution is 7.98. The number of thioether (sulfide) groups is 1. The van der Waals surface area contributed by atoms with E-state index in [1.54, 1.807) is 0 Å². The molecule has 17 heavy (non-hydrogen) atoms. The molecule has 3 N–H and O–H groups in total. The molecule has 5 nitrogen and oxygen atoms in total. The molecular formula is C11H21N5S. The zero-order chi connectivity index (χ0) is 12.7. The topological polar surface area (TPSA) is 67.1 Å². The lowest BCUT2D eigenvalue weighted by Crippen LogP contribution is -2.22. The van der Waals surface area contributed by atoms with Gasteiger partial charge in [-0.15, -0.1) is 0 Å². The number of nitrogens with one attached hydrogen (secondary N) is 1. The van der Waals surface area contributed by atoms with Gasteiger partial charge in [-0.25, -0.2) is 0 Å². The number of hydrogen-bond donors (Lipinski definition) is 2. The van der Waals surface area contributed by atoms with E-state index in [1.807, 2.05) is 24.9 Å². The predicted octanol–water partition coefficient (Wildman–Crippen LogP) is 1.68. The number of nitrogen functional groups attached to an aromatic ring is 1. The zero-order valence-electron chi connectivity index (χ0n) is 10.7. The van der Waals surface area contributed by atoms with Gasteiger partial charge in [0.1, 0.15) is 11.6 Å². The van der Waals surface area contributed by atoms with Crippen LogP contribution in [0.25, 0.3) is 0 Å². The minimum atomic E-state index is 0.317. The fraction of sp³-hybridized carbons (Fsp3) is 0.636. The molecule has 0 aliphatic carbocycles. The van der Waals surface area contributed by atoms with Crippen LogP contribution in [0.1, 0.15) is 13.3 Å². The number of nitrogens with two attached hydrogens (primary N) is 1. The highest BCUT2D eigenvalue weighted by atomic mass is 32.2. The maximum Gasteiger partial charge on any atom is 0.223 e. The van der Waals surface area contributed by atoms with Gasteiger partial charge in [0, 0.05) is 32.0 Å². The van der Waals surface area contributed by atoms with Gasteiger partial charge >= 0.3 is 0 Å². The van der Waals surface area contributed by atoms with Crippen molar-refractivity contribution >= 4 is 29.3 Å². The van der Waals surface area contributed by atoms with Crippen molar-refractivity contribution in [1.29, 1.82) is 0 Å². The molecule has 1 aromatic rings. The Bertz CT molecular complexity index is 345. The van der Waals surface area contributed by atoms with Crippen molar-refractivity contribution in [3.05, 3.63) is 6.07 Å². The van der Waals surface area contributed by atoms with Gasteiger partial charge in [-0.2, -0.15) is 21.7 Å². The van der Waals surface area contributed by atoms with E-state index in [0.29, 0.717) is 5.95 Å². The molecule has 0 saturated carbocycles. The highest BCUT2D eigenvalue weighted by Gasteiger charge is 2.06. The second-order valence-corrected chi connectivity index (χ2v) is 4.80. The Balaban J connectivity index is 2.73. The molecule has 0 aliphatic rings. The lowest BCUT2D eigenvalue weighted by atomic mass is 10.4. The van der Waals surface area contributed by atoms with Crippen molar-refractivity contribution in [2.24, 2.45) is 0 Å². The summed E-state index contributed by atoms with van der Waals surface area (Å²) in [7, 11) is 2.02. The summed E-state index contributed by atoms with van der Waals surface area (Å²) >= 11 is 1.81. The summed E-state index contributed by atoms with van der Waals surface area (Å²) in [6.45, 7) is 3.96. The quantitative estimate of drug-likeness (QED) is 0.772. The van der Waals surface area contributed by atoms with Crippen molar-refractivity contribution in [3.63, 3.8) is 0 Å². The van der Waals surface area contributed by atoms with Gasteiger partial charge in [0.2, 0.25) is 5.95 Å². The summed E-state index contributed by atoms with van der Waals surface area (Å²) in [5, 5.41) is 3.22. The van der Waals surface area contributed by atoms with E-state index in [9.17, 15) is 0 Å². The number of anilines is 3. The first kappa shape index (κ1) is 13.9. The molecule has 0 saturated heterocycles. The van der Waals surface area contributed by atoms with E-state index in [2.05, 4.69) is 33.4 Å². The molecule has 96 valence electrons. The zero-order valence-corrected chi connectivity index (χ0v) is 11.5. The van der Waals surface area contributed by atoms with Crippen molar-refractivity contribution < 1.29 is 0 Å². The molecule has 0 spiro atoms. The van der Waals surface area contributed by atoms with Gasteiger partial charge in [0.25, 0.3) is 0 Å². The van der Waals surface area contributed by atoms with Crippen LogP contribution in [-0.2, 0) is 0 Å².